The molecule has 0 saturated carbocycles. The highest BCUT2D eigenvalue weighted by atomic mass is 14.9. The molecule has 0 spiro atoms. The van der Waals surface area contributed by atoms with Crippen LogP contribution in [0.3, 0.4) is 0 Å². The molecule has 0 aliphatic heterocycles. The fraction of sp³-hybridized carbons (Fsp3) is 0.556. The Morgan fingerprint density at radius 2 is 1.68 bits per heavy atom. The summed E-state index contributed by atoms with van der Waals surface area (Å²) in [7, 11) is 2.06. The van der Waals surface area contributed by atoms with Crippen molar-refractivity contribution in [3.63, 3.8) is 0 Å². The third kappa shape index (κ3) is 5.61. The average Bonchev–Trinajstić information content (AvgIpc) is 2.43. The van der Waals surface area contributed by atoms with Crippen LogP contribution >= 0.6 is 0 Å². The van der Waals surface area contributed by atoms with Crippen LogP contribution in [0.4, 0.5) is 0 Å². The largest absolute Gasteiger partial charge is 0.313 e. The summed E-state index contributed by atoms with van der Waals surface area (Å²) in [6, 6.07) is 9.58. The van der Waals surface area contributed by atoms with Gasteiger partial charge in [0.2, 0.25) is 0 Å². The van der Waals surface area contributed by atoms with E-state index in [4.69, 9.17) is 0 Å². The van der Waals surface area contributed by atoms with E-state index < -0.39 is 0 Å². The minimum Gasteiger partial charge on any atom is -0.313 e. The van der Waals surface area contributed by atoms with Crippen LogP contribution in [0.15, 0.2) is 36.9 Å². The normalized spacial score (nSPS) is 12.6. The Morgan fingerprint density at radius 1 is 1.05 bits per heavy atom. The van der Waals surface area contributed by atoms with Gasteiger partial charge < -0.3 is 5.32 Å². The molecule has 106 valence electrons. The molecule has 1 rings (SSSR count). The SMILES string of the molecule is C=CCCCCCC(NC)c1ccc(C(C)C)cc1. The van der Waals surface area contributed by atoms with Gasteiger partial charge in [-0.2, -0.15) is 0 Å². The van der Waals surface area contributed by atoms with Crippen molar-refractivity contribution in [2.75, 3.05) is 7.05 Å². The van der Waals surface area contributed by atoms with Crippen molar-refractivity contribution in [2.45, 2.75) is 57.9 Å². The molecule has 1 heteroatoms. The van der Waals surface area contributed by atoms with Crippen molar-refractivity contribution in [1.82, 2.24) is 5.32 Å². The summed E-state index contributed by atoms with van der Waals surface area (Å²) in [5, 5.41) is 3.44. The Bertz CT molecular complexity index is 350. The molecule has 0 amide bonds. The topological polar surface area (TPSA) is 12.0 Å². The summed E-state index contributed by atoms with van der Waals surface area (Å²) in [4.78, 5) is 0. The Balaban J connectivity index is 2.47. The van der Waals surface area contributed by atoms with Crippen LogP contribution < -0.4 is 5.32 Å². The Hall–Kier alpha value is -1.08. The predicted molar refractivity (Wildman–Crippen MR) is 85.6 cm³/mol. The number of hydrogen-bond donors (Lipinski definition) is 1. The maximum atomic E-state index is 3.77. The van der Waals surface area contributed by atoms with Crippen LogP contribution in [0.2, 0.25) is 0 Å². The zero-order chi connectivity index (χ0) is 14.1. The molecule has 0 bridgehead atoms. The Morgan fingerprint density at radius 3 is 2.21 bits per heavy atom. The van der Waals surface area contributed by atoms with E-state index in [0.717, 1.165) is 6.42 Å². The van der Waals surface area contributed by atoms with Crippen LogP contribution in [0.5, 0.6) is 0 Å². The fourth-order valence-electron chi connectivity index (χ4n) is 2.40. The zero-order valence-electron chi connectivity index (χ0n) is 12.8. The fourth-order valence-corrected chi connectivity index (χ4v) is 2.40. The molecule has 0 saturated heterocycles. The summed E-state index contributed by atoms with van der Waals surface area (Å²) >= 11 is 0. The molecule has 0 radical (unpaired) electrons. The summed E-state index contributed by atoms with van der Waals surface area (Å²) in [6.45, 7) is 8.25. The van der Waals surface area contributed by atoms with E-state index in [0.29, 0.717) is 12.0 Å². The molecule has 19 heavy (non-hydrogen) atoms. The van der Waals surface area contributed by atoms with Gasteiger partial charge in [0.25, 0.3) is 0 Å². The molecule has 1 aromatic rings. The van der Waals surface area contributed by atoms with Gasteiger partial charge in [-0.15, -0.1) is 6.58 Å². The Kier molecular flexibility index (Phi) is 7.50. The van der Waals surface area contributed by atoms with Crippen LogP contribution in [-0.4, -0.2) is 7.05 Å². The lowest BCUT2D eigenvalue weighted by molar-refractivity contribution is 0.508. The molecule has 1 aromatic carbocycles. The van der Waals surface area contributed by atoms with Crippen molar-refractivity contribution < 1.29 is 0 Å². The molecule has 1 unspecified atom stereocenters. The van der Waals surface area contributed by atoms with Crippen molar-refractivity contribution in [3.05, 3.63) is 48.0 Å². The van der Waals surface area contributed by atoms with Gasteiger partial charge in [0.1, 0.15) is 0 Å². The third-order valence-corrected chi connectivity index (χ3v) is 3.76. The third-order valence-electron chi connectivity index (χ3n) is 3.76. The first-order valence-corrected chi connectivity index (χ1v) is 7.57. The van der Waals surface area contributed by atoms with Gasteiger partial charge in [-0.1, -0.05) is 57.0 Å². The lowest BCUT2D eigenvalue weighted by atomic mass is 9.96. The van der Waals surface area contributed by atoms with Crippen molar-refractivity contribution >= 4 is 0 Å². The van der Waals surface area contributed by atoms with Gasteiger partial charge in [0.05, 0.1) is 0 Å². The molecule has 0 aliphatic carbocycles. The summed E-state index contributed by atoms with van der Waals surface area (Å²) in [5.74, 6) is 0.612. The standard InChI is InChI=1S/C18H29N/c1-5-6-7-8-9-10-18(19-4)17-13-11-16(12-14-17)15(2)3/h5,11-15,18-19H,1,6-10H2,2-4H3. The first-order valence-electron chi connectivity index (χ1n) is 7.57. The van der Waals surface area contributed by atoms with E-state index in [1.165, 1.54) is 36.8 Å². The number of unbranched alkanes of at least 4 members (excludes halogenated alkanes) is 3. The van der Waals surface area contributed by atoms with E-state index in [2.05, 4.69) is 57.1 Å². The number of benzene rings is 1. The number of rotatable bonds is 9. The van der Waals surface area contributed by atoms with Crippen LogP contribution in [0.25, 0.3) is 0 Å². The minimum atomic E-state index is 0.491. The van der Waals surface area contributed by atoms with Gasteiger partial charge in [-0.3, -0.25) is 0 Å². The monoisotopic (exact) mass is 259 g/mol. The second-order valence-corrected chi connectivity index (χ2v) is 5.59. The highest BCUT2D eigenvalue weighted by Crippen LogP contribution is 2.22. The second kappa shape index (κ2) is 8.92. The molecule has 0 aromatic heterocycles. The van der Waals surface area contributed by atoms with E-state index in [1.807, 2.05) is 6.08 Å². The quantitative estimate of drug-likeness (QED) is 0.474. The first kappa shape index (κ1) is 16.0. The van der Waals surface area contributed by atoms with Crippen LogP contribution in [0.1, 0.15) is 69.0 Å². The second-order valence-electron chi connectivity index (χ2n) is 5.59. The lowest BCUT2D eigenvalue weighted by Crippen LogP contribution is -2.16. The lowest BCUT2D eigenvalue weighted by Gasteiger charge is -2.17. The molecular formula is C18H29N. The Labute approximate surface area is 119 Å². The van der Waals surface area contributed by atoms with E-state index in [9.17, 15) is 0 Å². The van der Waals surface area contributed by atoms with Crippen molar-refractivity contribution in [1.29, 1.82) is 0 Å². The van der Waals surface area contributed by atoms with E-state index in [1.54, 1.807) is 0 Å². The van der Waals surface area contributed by atoms with Crippen LogP contribution in [0, 0.1) is 0 Å². The number of hydrogen-bond acceptors (Lipinski definition) is 1. The molecule has 1 atom stereocenters. The maximum absolute atomic E-state index is 3.77. The van der Waals surface area contributed by atoms with Gasteiger partial charge in [0.15, 0.2) is 0 Å². The average molecular weight is 259 g/mol. The smallest absolute Gasteiger partial charge is 0.0317 e. The van der Waals surface area contributed by atoms with Gasteiger partial charge in [0, 0.05) is 6.04 Å². The molecule has 1 N–H and O–H groups in total. The van der Waals surface area contributed by atoms with Crippen molar-refractivity contribution in [3.8, 4) is 0 Å². The molecular weight excluding hydrogens is 230 g/mol. The van der Waals surface area contributed by atoms with Gasteiger partial charge in [-0.05, 0) is 43.4 Å². The molecule has 0 aliphatic rings. The molecule has 0 fully saturated rings. The molecule has 0 heterocycles. The summed E-state index contributed by atoms with van der Waals surface area (Å²) in [6.07, 6.45) is 8.23. The zero-order valence-corrected chi connectivity index (χ0v) is 12.8. The molecule has 1 nitrogen and oxygen atoms in total. The van der Waals surface area contributed by atoms with Crippen LogP contribution in [-0.2, 0) is 0 Å². The highest BCUT2D eigenvalue weighted by molar-refractivity contribution is 5.26. The number of allylic oxidation sites excluding steroid dienone is 1. The maximum Gasteiger partial charge on any atom is 0.0317 e. The summed E-state index contributed by atoms with van der Waals surface area (Å²) in [5.41, 5.74) is 2.83. The first-order chi connectivity index (χ1) is 9.19. The number of nitrogens with one attached hydrogen (secondary N) is 1. The summed E-state index contributed by atoms with van der Waals surface area (Å²) < 4.78 is 0. The van der Waals surface area contributed by atoms with Gasteiger partial charge in [-0.25, -0.2) is 0 Å². The highest BCUT2D eigenvalue weighted by Gasteiger charge is 2.09. The van der Waals surface area contributed by atoms with E-state index >= 15 is 0 Å². The van der Waals surface area contributed by atoms with Crippen molar-refractivity contribution in [2.24, 2.45) is 0 Å². The van der Waals surface area contributed by atoms with Gasteiger partial charge >= 0.3 is 0 Å². The predicted octanol–water partition coefficient (Wildman–Crippen LogP) is 5.21. The minimum absolute atomic E-state index is 0.491. The van der Waals surface area contributed by atoms with E-state index in [-0.39, 0.29) is 0 Å².